The van der Waals surface area contributed by atoms with Gasteiger partial charge in [0.15, 0.2) is 0 Å². The Morgan fingerprint density at radius 1 is 1.15 bits per heavy atom. The van der Waals surface area contributed by atoms with Gasteiger partial charge in [0.1, 0.15) is 0 Å². The van der Waals surface area contributed by atoms with Gasteiger partial charge in [-0.1, -0.05) is 39.0 Å². The number of rotatable bonds is 4. The summed E-state index contributed by atoms with van der Waals surface area (Å²) in [5.74, 6) is 1.72. The molecular formula is C16H31ClN2O. The highest BCUT2D eigenvalue weighted by Crippen LogP contribution is 2.31. The first-order valence-electron chi connectivity index (χ1n) is 8.15. The Morgan fingerprint density at radius 3 is 2.35 bits per heavy atom. The maximum Gasteiger partial charge on any atom is 0.222 e. The highest BCUT2D eigenvalue weighted by molar-refractivity contribution is 5.85. The van der Waals surface area contributed by atoms with Gasteiger partial charge in [-0.15, -0.1) is 12.4 Å². The van der Waals surface area contributed by atoms with E-state index in [1.807, 2.05) is 11.9 Å². The van der Waals surface area contributed by atoms with E-state index in [1.54, 1.807) is 0 Å². The molecule has 0 aromatic rings. The van der Waals surface area contributed by atoms with Crippen LogP contribution in [0.5, 0.6) is 0 Å². The SMILES string of the molecule is CC(CC(=O)N(C)C1CCNCC1)C1CCCCC1.Cl. The van der Waals surface area contributed by atoms with Gasteiger partial charge in [-0.3, -0.25) is 4.79 Å². The van der Waals surface area contributed by atoms with Crippen LogP contribution in [0.1, 0.15) is 58.3 Å². The number of nitrogens with zero attached hydrogens (tertiary/aromatic N) is 1. The third-order valence-electron chi connectivity index (χ3n) is 5.20. The van der Waals surface area contributed by atoms with Crippen LogP contribution >= 0.6 is 12.4 Å². The van der Waals surface area contributed by atoms with Gasteiger partial charge in [-0.05, 0) is 37.8 Å². The van der Waals surface area contributed by atoms with Gasteiger partial charge in [0.25, 0.3) is 0 Å². The third kappa shape index (κ3) is 4.92. The van der Waals surface area contributed by atoms with Gasteiger partial charge in [-0.2, -0.15) is 0 Å². The van der Waals surface area contributed by atoms with Gasteiger partial charge < -0.3 is 10.2 Å². The van der Waals surface area contributed by atoms with Crippen LogP contribution in [0.15, 0.2) is 0 Å². The minimum atomic E-state index is 0. The Balaban J connectivity index is 0.00000200. The van der Waals surface area contributed by atoms with E-state index in [-0.39, 0.29) is 12.4 Å². The molecule has 2 rings (SSSR count). The highest BCUT2D eigenvalue weighted by Gasteiger charge is 2.26. The molecule has 2 fully saturated rings. The fourth-order valence-corrected chi connectivity index (χ4v) is 3.69. The molecule has 3 nitrogen and oxygen atoms in total. The Labute approximate surface area is 130 Å². The summed E-state index contributed by atoms with van der Waals surface area (Å²) < 4.78 is 0. The van der Waals surface area contributed by atoms with Crippen molar-refractivity contribution >= 4 is 18.3 Å². The van der Waals surface area contributed by atoms with Crippen LogP contribution in [0.3, 0.4) is 0 Å². The number of piperidine rings is 1. The van der Waals surface area contributed by atoms with Crippen molar-refractivity contribution in [1.29, 1.82) is 0 Å². The summed E-state index contributed by atoms with van der Waals surface area (Å²) in [5.41, 5.74) is 0. The first-order chi connectivity index (χ1) is 9.18. The average Bonchev–Trinajstić information content (AvgIpc) is 2.48. The lowest BCUT2D eigenvalue weighted by Gasteiger charge is -2.34. The summed E-state index contributed by atoms with van der Waals surface area (Å²) in [6.07, 6.45) is 9.79. The molecule has 1 aliphatic heterocycles. The van der Waals surface area contributed by atoms with E-state index in [4.69, 9.17) is 0 Å². The molecule has 1 N–H and O–H groups in total. The van der Waals surface area contributed by atoms with Crippen LogP contribution in [0, 0.1) is 11.8 Å². The predicted molar refractivity (Wildman–Crippen MR) is 86.3 cm³/mol. The standard InChI is InChI=1S/C16H30N2O.ClH/c1-13(14-6-4-3-5-7-14)12-16(19)18(2)15-8-10-17-11-9-15;/h13-15,17H,3-12H2,1-2H3;1H. The molecule has 0 aromatic heterocycles. The van der Waals surface area contributed by atoms with Gasteiger partial charge >= 0.3 is 0 Å². The Kier molecular flexibility index (Phi) is 7.90. The monoisotopic (exact) mass is 302 g/mol. The Morgan fingerprint density at radius 2 is 1.75 bits per heavy atom. The van der Waals surface area contributed by atoms with Crippen molar-refractivity contribution in [3.8, 4) is 0 Å². The molecular weight excluding hydrogens is 272 g/mol. The third-order valence-corrected chi connectivity index (χ3v) is 5.20. The molecule has 0 bridgehead atoms. The molecule has 1 unspecified atom stereocenters. The zero-order chi connectivity index (χ0) is 13.7. The van der Waals surface area contributed by atoms with Crippen molar-refractivity contribution in [2.45, 2.75) is 64.3 Å². The Hall–Kier alpha value is -0.280. The molecule has 1 aliphatic carbocycles. The molecule has 1 atom stereocenters. The molecule has 2 aliphatic rings. The average molecular weight is 303 g/mol. The summed E-state index contributed by atoms with van der Waals surface area (Å²) in [5, 5.41) is 3.36. The van der Waals surface area contributed by atoms with Crippen molar-refractivity contribution < 1.29 is 4.79 Å². The lowest BCUT2D eigenvalue weighted by atomic mass is 9.79. The molecule has 0 radical (unpaired) electrons. The van der Waals surface area contributed by atoms with Crippen molar-refractivity contribution in [1.82, 2.24) is 10.2 Å². The lowest BCUT2D eigenvalue weighted by Crippen LogP contribution is -2.44. The van der Waals surface area contributed by atoms with E-state index in [0.717, 1.165) is 38.3 Å². The molecule has 1 saturated carbocycles. The first-order valence-corrected chi connectivity index (χ1v) is 8.15. The molecule has 1 heterocycles. The van der Waals surface area contributed by atoms with Crippen molar-refractivity contribution in [3.05, 3.63) is 0 Å². The van der Waals surface area contributed by atoms with Crippen molar-refractivity contribution in [3.63, 3.8) is 0 Å². The number of nitrogens with one attached hydrogen (secondary N) is 1. The van der Waals surface area contributed by atoms with E-state index >= 15 is 0 Å². The van der Waals surface area contributed by atoms with Crippen LogP contribution < -0.4 is 5.32 Å². The molecule has 1 saturated heterocycles. The highest BCUT2D eigenvalue weighted by atomic mass is 35.5. The van der Waals surface area contributed by atoms with E-state index in [9.17, 15) is 4.79 Å². The number of carbonyl (C=O) groups excluding carboxylic acids is 1. The minimum absolute atomic E-state index is 0. The summed E-state index contributed by atoms with van der Waals surface area (Å²) >= 11 is 0. The molecule has 4 heteroatoms. The maximum atomic E-state index is 12.4. The van der Waals surface area contributed by atoms with E-state index < -0.39 is 0 Å². The zero-order valence-electron chi connectivity index (χ0n) is 13.1. The largest absolute Gasteiger partial charge is 0.343 e. The zero-order valence-corrected chi connectivity index (χ0v) is 13.9. The van der Waals surface area contributed by atoms with Gasteiger partial charge in [0, 0.05) is 19.5 Å². The van der Waals surface area contributed by atoms with Crippen molar-refractivity contribution in [2.75, 3.05) is 20.1 Å². The quantitative estimate of drug-likeness (QED) is 0.865. The van der Waals surface area contributed by atoms with Gasteiger partial charge in [0.05, 0.1) is 0 Å². The second-order valence-corrected chi connectivity index (χ2v) is 6.57. The fourth-order valence-electron chi connectivity index (χ4n) is 3.69. The summed E-state index contributed by atoms with van der Waals surface area (Å²) in [4.78, 5) is 14.4. The first kappa shape index (κ1) is 17.8. The second-order valence-electron chi connectivity index (χ2n) is 6.57. The normalized spacial score (nSPS) is 22.9. The van der Waals surface area contributed by atoms with E-state index in [2.05, 4.69) is 12.2 Å². The topological polar surface area (TPSA) is 32.3 Å². The second kappa shape index (κ2) is 8.89. The molecule has 0 spiro atoms. The van der Waals surface area contributed by atoms with E-state index in [1.165, 1.54) is 32.1 Å². The summed E-state index contributed by atoms with van der Waals surface area (Å²) in [7, 11) is 2.01. The smallest absolute Gasteiger partial charge is 0.222 e. The van der Waals surface area contributed by atoms with Crippen molar-refractivity contribution in [2.24, 2.45) is 11.8 Å². The number of carbonyl (C=O) groups is 1. The number of hydrogen-bond acceptors (Lipinski definition) is 2. The summed E-state index contributed by atoms with van der Waals surface area (Å²) in [6.45, 7) is 4.39. The summed E-state index contributed by atoms with van der Waals surface area (Å²) in [6, 6.07) is 0.465. The van der Waals surface area contributed by atoms with Crippen LogP contribution in [-0.4, -0.2) is 37.0 Å². The predicted octanol–water partition coefficient (Wildman–Crippen LogP) is 3.23. The number of halogens is 1. The molecule has 20 heavy (non-hydrogen) atoms. The number of hydrogen-bond donors (Lipinski definition) is 1. The number of amides is 1. The molecule has 0 aromatic carbocycles. The van der Waals surface area contributed by atoms with Crippen LogP contribution in [0.4, 0.5) is 0 Å². The maximum absolute atomic E-state index is 12.4. The fraction of sp³-hybridized carbons (Fsp3) is 0.938. The molecule has 118 valence electrons. The van der Waals surface area contributed by atoms with Crippen LogP contribution in [-0.2, 0) is 4.79 Å². The van der Waals surface area contributed by atoms with Gasteiger partial charge in [-0.25, -0.2) is 0 Å². The minimum Gasteiger partial charge on any atom is -0.343 e. The Bertz CT molecular complexity index is 286. The van der Waals surface area contributed by atoms with Crippen LogP contribution in [0.2, 0.25) is 0 Å². The van der Waals surface area contributed by atoms with Crippen LogP contribution in [0.25, 0.3) is 0 Å². The van der Waals surface area contributed by atoms with E-state index in [0.29, 0.717) is 17.9 Å². The lowest BCUT2D eigenvalue weighted by molar-refractivity contribution is -0.133. The van der Waals surface area contributed by atoms with Gasteiger partial charge in [0.2, 0.25) is 5.91 Å². The molecule has 1 amide bonds.